The van der Waals surface area contributed by atoms with Gasteiger partial charge in [-0.2, -0.15) is 5.10 Å². The number of nitrogens with one attached hydrogen (secondary N) is 2. The summed E-state index contributed by atoms with van der Waals surface area (Å²) in [7, 11) is 0. The summed E-state index contributed by atoms with van der Waals surface area (Å²) in [6.45, 7) is 1.79. The van der Waals surface area contributed by atoms with Crippen molar-refractivity contribution in [2.24, 2.45) is 0 Å². The van der Waals surface area contributed by atoms with Crippen LogP contribution in [0.4, 0.5) is 10.5 Å². The number of hydrogen-bond acceptors (Lipinski definition) is 3. The Kier molecular flexibility index (Phi) is 3.85. The number of amides is 3. The van der Waals surface area contributed by atoms with Crippen molar-refractivity contribution in [3.63, 3.8) is 0 Å². The van der Waals surface area contributed by atoms with Crippen LogP contribution in [-0.2, 0) is 10.3 Å². The fraction of sp³-hybridized carbons (Fsp3) is 0.214. The van der Waals surface area contributed by atoms with Crippen LogP contribution in [0.1, 0.15) is 18.9 Å². The van der Waals surface area contributed by atoms with Crippen molar-refractivity contribution in [3.8, 4) is 0 Å². The zero-order chi connectivity index (χ0) is 15.9. The molecule has 6 nitrogen and oxygen atoms in total. The van der Waals surface area contributed by atoms with Gasteiger partial charge in [-0.25, -0.2) is 9.69 Å². The van der Waals surface area contributed by atoms with E-state index in [-0.39, 0.29) is 12.3 Å². The number of imide groups is 1. The molecule has 3 rings (SSSR count). The Bertz CT molecular complexity index is 729. The van der Waals surface area contributed by atoms with Crippen molar-refractivity contribution < 1.29 is 9.59 Å². The van der Waals surface area contributed by atoms with Gasteiger partial charge >= 0.3 is 6.03 Å². The van der Waals surface area contributed by atoms with Crippen LogP contribution in [0.15, 0.2) is 30.6 Å². The van der Waals surface area contributed by atoms with Crippen molar-refractivity contribution in [1.82, 2.24) is 15.5 Å². The van der Waals surface area contributed by atoms with Crippen LogP contribution in [0.5, 0.6) is 0 Å². The minimum absolute atomic E-state index is 0.126. The number of carbonyl (C=O) groups is 2. The van der Waals surface area contributed by atoms with E-state index in [4.69, 9.17) is 11.6 Å². The summed E-state index contributed by atoms with van der Waals surface area (Å²) in [4.78, 5) is 26.1. The molecule has 22 heavy (non-hydrogen) atoms. The lowest BCUT2D eigenvalue weighted by molar-refractivity contribution is -0.120. The van der Waals surface area contributed by atoms with Crippen LogP contribution >= 0.6 is 34.2 Å². The Hall–Kier alpha value is -1.61. The van der Waals surface area contributed by atoms with E-state index in [1.54, 1.807) is 37.5 Å². The first kappa shape index (κ1) is 15.3. The predicted molar refractivity (Wildman–Crippen MR) is 90.7 cm³/mol. The molecule has 0 radical (unpaired) electrons. The maximum absolute atomic E-state index is 12.5. The number of H-pyrrole nitrogens is 1. The van der Waals surface area contributed by atoms with Crippen molar-refractivity contribution in [2.45, 2.75) is 18.9 Å². The van der Waals surface area contributed by atoms with E-state index >= 15 is 0 Å². The molecule has 1 aliphatic heterocycles. The van der Waals surface area contributed by atoms with Crippen LogP contribution in [-0.4, -0.2) is 22.1 Å². The number of urea groups is 1. The third kappa shape index (κ3) is 2.58. The lowest BCUT2D eigenvalue weighted by atomic mass is 9.88. The van der Waals surface area contributed by atoms with Crippen molar-refractivity contribution in [2.75, 3.05) is 4.90 Å². The van der Waals surface area contributed by atoms with Gasteiger partial charge in [-0.15, -0.1) is 0 Å². The van der Waals surface area contributed by atoms with E-state index in [1.165, 1.54) is 0 Å². The van der Waals surface area contributed by atoms with Gasteiger partial charge in [-0.05, 0) is 47.7 Å². The summed E-state index contributed by atoms with van der Waals surface area (Å²) in [5.41, 5.74) is 0.356. The SMILES string of the molecule is C[C@@]1(c2cn[nH]c2)CC(=O)N(c2ccc(I)cc2Cl)C(=O)N1. The number of aromatic nitrogens is 2. The van der Waals surface area contributed by atoms with E-state index in [1.807, 2.05) is 0 Å². The highest BCUT2D eigenvalue weighted by Crippen LogP contribution is 2.34. The molecule has 2 aromatic rings. The van der Waals surface area contributed by atoms with Crippen molar-refractivity contribution in [3.05, 3.63) is 44.7 Å². The van der Waals surface area contributed by atoms with E-state index in [9.17, 15) is 9.59 Å². The second kappa shape index (κ2) is 5.54. The number of nitrogens with zero attached hydrogens (tertiary/aromatic N) is 2. The summed E-state index contributed by atoms with van der Waals surface area (Å²) in [6, 6.07) is 4.68. The average molecular weight is 431 g/mol. The summed E-state index contributed by atoms with van der Waals surface area (Å²) in [5.74, 6) is -0.310. The number of carbonyl (C=O) groups excluding carboxylic acids is 2. The minimum Gasteiger partial charge on any atom is -0.327 e. The van der Waals surface area contributed by atoms with Crippen LogP contribution < -0.4 is 10.2 Å². The molecule has 0 bridgehead atoms. The first-order valence-corrected chi connectivity index (χ1v) is 7.96. The zero-order valence-corrected chi connectivity index (χ0v) is 14.5. The van der Waals surface area contributed by atoms with Gasteiger partial charge in [0.05, 0.1) is 28.9 Å². The maximum Gasteiger partial charge on any atom is 0.329 e. The van der Waals surface area contributed by atoms with E-state index in [2.05, 4.69) is 38.1 Å². The summed E-state index contributed by atoms with van der Waals surface area (Å²) in [5, 5.41) is 9.79. The van der Waals surface area contributed by atoms with Crippen LogP contribution in [0.3, 0.4) is 0 Å². The molecule has 1 aromatic carbocycles. The number of hydrogen-bond donors (Lipinski definition) is 2. The second-order valence-electron chi connectivity index (χ2n) is 5.25. The Balaban J connectivity index is 1.94. The zero-order valence-electron chi connectivity index (χ0n) is 11.6. The van der Waals surface area contributed by atoms with Gasteiger partial charge in [-0.3, -0.25) is 9.89 Å². The van der Waals surface area contributed by atoms with Crippen molar-refractivity contribution >= 4 is 51.8 Å². The van der Waals surface area contributed by atoms with Gasteiger partial charge in [0.2, 0.25) is 5.91 Å². The van der Waals surface area contributed by atoms with Gasteiger partial charge in [0.25, 0.3) is 0 Å². The molecule has 0 aliphatic carbocycles. The molecule has 114 valence electrons. The van der Waals surface area contributed by atoms with Gasteiger partial charge in [0.15, 0.2) is 0 Å². The normalized spacial score (nSPS) is 21.9. The van der Waals surface area contributed by atoms with Gasteiger partial charge < -0.3 is 5.32 Å². The quantitative estimate of drug-likeness (QED) is 0.719. The number of aromatic amines is 1. The molecule has 1 saturated heterocycles. The molecule has 1 fully saturated rings. The maximum atomic E-state index is 12.5. The molecule has 2 N–H and O–H groups in total. The van der Waals surface area contributed by atoms with Gasteiger partial charge in [0, 0.05) is 15.3 Å². The average Bonchev–Trinajstić information content (AvgIpc) is 2.95. The Morgan fingerprint density at radius 2 is 2.18 bits per heavy atom. The monoisotopic (exact) mass is 430 g/mol. The Labute approximate surface area is 145 Å². The van der Waals surface area contributed by atoms with Crippen LogP contribution in [0.2, 0.25) is 5.02 Å². The smallest absolute Gasteiger partial charge is 0.327 e. The molecule has 2 heterocycles. The van der Waals surface area contributed by atoms with E-state index in [0.717, 1.165) is 14.0 Å². The number of rotatable bonds is 2. The second-order valence-corrected chi connectivity index (χ2v) is 6.90. The minimum atomic E-state index is -0.784. The van der Waals surface area contributed by atoms with Gasteiger partial charge in [-0.1, -0.05) is 11.6 Å². The fourth-order valence-electron chi connectivity index (χ4n) is 2.46. The number of benzene rings is 1. The molecule has 3 amide bonds. The topological polar surface area (TPSA) is 78.1 Å². The molecular formula is C14H12ClIN4O2. The third-order valence-electron chi connectivity index (χ3n) is 3.63. The largest absolute Gasteiger partial charge is 0.329 e. The predicted octanol–water partition coefficient (Wildman–Crippen LogP) is 3.03. The van der Waals surface area contributed by atoms with E-state index in [0.29, 0.717) is 10.7 Å². The summed E-state index contributed by atoms with van der Waals surface area (Å²) in [6.07, 6.45) is 3.39. The van der Waals surface area contributed by atoms with Crippen LogP contribution in [0, 0.1) is 3.57 Å². The lowest BCUT2D eigenvalue weighted by Crippen LogP contribution is -2.59. The molecule has 1 aliphatic rings. The Morgan fingerprint density at radius 1 is 1.41 bits per heavy atom. The fourth-order valence-corrected chi connectivity index (χ4v) is 3.40. The molecule has 0 spiro atoms. The Morgan fingerprint density at radius 3 is 2.77 bits per heavy atom. The molecule has 8 heteroatoms. The number of anilines is 1. The first-order chi connectivity index (χ1) is 10.4. The highest BCUT2D eigenvalue weighted by molar-refractivity contribution is 14.1. The van der Waals surface area contributed by atoms with Gasteiger partial charge in [0.1, 0.15) is 0 Å². The first-order valence-electron chi connectivity index (χ1n) is 6.50. The molecule has 0 saturated carbocycles. The molecule has 0 unspecified atom stereocenters. The molecular weight excluding hydrogens is 419 g/mol. The lowest BCUT2D eigenvalue weighted by Gasteiger charge is -2.38. The van der Waals surface area contributed by atoms with Crippen molar-refractivity contribution in [1.29, 1.82) is 0 Å². The summed E-state index contributed by atoms with van der Waals surface area (Å²) >= 11 is 8.29. The summed E-state index contributed by atoms with van der Waals surface area (Å²) < 4.78 is 0.930. The standard InChI is InChI=1S/C14H12ClIN4O2/c1-14(8-6-17-18-7-8)5-12(21)20(13(22)19-14)11-3-2-9(16)4-10(11)15/h2-4,6-7H,5H2,1H3,(H,17,18)(H,19,22)/t14-/m0/s1. The highest BCUT2D eigenvalue weighted by atomic mass is 127. The molecule has 1 atom stereocenters. The third-order valence-corrected chi connectivity index (χ3v) is 4.60. The molecule has 1 aromatic heterocycles. The van der Waals surface area contributed by atoms with Crippen LogP contribution in [0.25, 0.3) is 0 Å². The number of halogens is 2. The highest BCUT2D eigenvalue weighted by Gasteiger charge is 2.42. The van der Waals surface area contributed by atoms with E-state index < -0.39 is 11.6 Å².